The lowest BCUT2D eigenvalue weighted by Crippen LogP contribution is -2.53. The van der Waals surface area contributed by atoms with E-state index < -0.39 is 18.1 Å². The molecule has 0 saturated carbocycles. The van der Waals surface area contributed by atoms with E-state index in [0.717, 1.165) is 19.3 Å². The number of benzene rings is 1. The molecule has 1 aliphatic rings. The lowest BCUT2D eigenvalue weighted by Gasteiger charge is -2.31. The van der Waals surface area contributed by atoms with Gasteiger partial charge in [-0.1, -0.05) is 37.3 Å². The molecule has 1 aromatic heterocycles. The minimum Gasteiger partial charge on any atom is -0.348 e. The van der Waals surface area contributed by atoms with E-state index in [-0.39, 0.29) is 11.9 Å². The highest BCUT2D eigenvalue weighted by Gasteiger charge is 2.28. The number of carbonyl (C=O) groups excluding carboxylic acids is 3. The van der Waals surface area contributed by atoms with Gasteiger partial charge in [0.05, 0.1) is 5.69 Å². The van der Waals surface area contributed by atoms with Crippen LogP contribution < -0.4 is 21.3 Å². The Bertz CT molecular complexity index is 895. The number of hydrogen-bond donors (Lipinski definition) is 4. The topological polar surface area (TPSA) is 117 Å². The van der Waals surface area contributed by atoms with Gasteiger partial charge >= 0.3 is 11.8 Å². The molecule has 3 rings (SSSR count). The molecule has 2 atom stereocenters. The van der Waals surface area contributed by atoms with Gasteiger partial charge in [-0.3, -0.25) is 19.7 Å². The van der Waals surface area contributed by atoms with Crippen LogP contribution in [0.4, 0.5) is 5.82 Å². The second-order valence-electron chi connectivity index (χ2n) is 7.36. The molecule has 30 heavy (non-hydrogen) atoms. The molecule has 1 aromatic carbocycles. The molecular formula is C21H28N6O3. The summed E-state index contributed by atoms with van der Waals surface area (Å²) in [6.45, 7) is 4.17. The molecule has 9 nitrogen and oxygen atoms in total. The Hall–Kier alpha value is -3.20. The van der Waals surface area contributed by atoms with Crippen molar-refractivity contribution in [3.63, 3.8) is 0 Å². The molecule has 2 aromatic rings. The van der Waals surface area contributed by atoms with Gasteiger partial charge in [0.15, 0.2) is 6.29 Å². The van der Waals surface area contributed by atoms with Crippen LogP contribution in [0.1, 0.15) is 43.7 Å². The van der Waals surface area contributed by atoms with Crippen molar-refractivity contribution < 1.29 is 14.4 Å². The largest absolute Gasteiger partial charge is 0.348 e. The number of amides is 3. The van der Waals surface area contributed by atoms with Crippen LogP contribution in [-0.2, 0) is 20.8 Å². The lowest BCUT2D eigenvalue weighted by molar-refractivity contribution is -0.136. The van der Waals surface area contributed by atoms with Crippen LogP contribution >= 0.6 is 0 Å². The minimum atomic E-state index is -0.773. The van der Waals surface area contributed by atoms with E-state index in [1.165, 1.54) is 10.2 Å². The fourth-order valence-electron chi connectivity index (χ4n) is 3.35. The third kappa shape index (κ3) is 5.66. The predicted molar refractivity (Wildman–Crippen MR) is 112 cm³/mol. The quantitative estimate of drug-likeness (QED) is 0.403. The average Bonchev–Trinajstić information content (AvgIpc) is 3.11. The first-order chi connectivity index (χ1) is 14.5. The van der Waals surface area contributed by atoms with E-state index in [1.54, 1.807) is 13.0 Å². The first-order valence-corrected chi connectivity index (χ1v) is 10.2. The van der Waals surface area contributed by atoms with Crippen LogP contribution in [0.15, 0.2) is 36.4 Å². The zero-order valence-electron chi connectivity index (χ0n) is 17.3. The number of anilines is 1. The zero-order valence-corrected chi connectivity index (χ0v) is 17.3. The van der Waals surface area contributed by atoms with Crippen molar-refractivity contribution in [1.82, 2.24) is 25.7 Å². The molecule has 4 N–H and O–H groups in total. The van der Waals surface area contributed by atoms with Gasteiger partial charge in [0.1, 0.15) is 5.82 Å². The van der Waals surface area contributed by atoms with E-state index in [2.05, 4.69) is 26.4 Å². The van der Waals surface area contributed by atoms with E-state index in [9.17, 15) is 14.4 Å². The average molecular weight is 412 g/mol. The third-order valence-corrected chi connectivity index (χ3v) is 4.94. The summed E-state index contributed by atoms with van der Waals surface area (Å²) in [6.07, 6.45) is 2.14. The van der Waals surface area contributed by atoms with Crippen LogP contribution in [0.2, 0.25) is 0 Å². The highest BCUT2D eigenvalue weighted by molar-refractivity contribution is 6.39. The van der Waals surface area contributed by atoms with E-state index in [0.29, 0.717) is 24.5 Å². The molecule has 2 unspecified atom stereocenters. The third-order valence-electron chi connectivity index (χ3n) is 4.94. The fourth-order valence-corrected chi connectivity index (χ4v) is 3.35. The number of nitrogens with zero attached hydrogens (tertiary/aromatic N) is 2. The van der Waals surface area contributed by atoms with E-state index in [1.807, 2.05) is 37.3 Å². The van der Waals surface area contributed by atoms with Crippen LogP contribution in [0.5, 0.6) is 0 Å². The Morgan fingerprint density at radius 1 is 1.23 bits per heavy atom. The number of rotatable bonds is 7. The van der Waals surface area contributed by atoms with E-state index >= 15 is 0 Å². The summed E-state index contributed by atoms with van der Waals surface area (Å²) in [5.74, 6) is -1.23. The maximum Gasteiger partial charge on any atom is 0.314 e. The monoisotopic (exact) mass is 412 g/mol. The van der Waals surface area contributed by atoms with Crippen molar-refractivity contribution in [1.29, 1.82) is 0 Å². The Morgan fingerprint density at radius 3 is 2.73 bits per heavy atom. The van der Waals surface area contributed by atoms with Gasteiger partial charge < -0.3 is 16.0 Å². The van der Waals surface area contributed by atoms with Crippen molar-refractivity contribution in [3.8, 4) is 0 Å². The van der Waals surface area contributed by atoms with Crippen molar-refractivity contribution in [2.24, 2.45) is 0 Å². The summed E-state index contributed by atoms with van der Waals surface area (Å²) in [5, 5.41) is 15.7. The van der Waals surface area contributed by atoms with Crippen LogP contribution in [-0.4, -0.2) is 40.1 Å². The maximum absolute atomic E-state index is 12.3. The lowest BCUT2D eigenvalue weighted by atomic mass is 10.1. The Kier molecular flexibility index (Phi) is 7.18. The number of aromatic nitrogens is 2. The summed E-state index contributed by atoms with van der Waals surface area (Å²) in [5.41, 5.74) is 1.84. The molecule has 0 aliphatic carbocycles. The standard InChI is InChI=1S/C21H28N6O3/c1-3-16-13-18(28)25-21(23-16)27-17(12-14(2)26-27)24-20(30)19(29)22-11-7-10-15-8-5-4-6-9-15/h4-6,8-9,12,16,21,23H,3,7,10-11,13H2,1-2H3,(H,22,29)(H,24,30)(H,25,28). The van der Waals surface area contributed by atoms with Crippen LogP contribution in [0, 0.1) is 6.92 Å². The van der Waals surface area contributed by atoms with Crippen molar-refractivity contribution in [3.05, 3.63) is 47.7 Å². The maximum atomic E-state index is 12.3. The number of nitrogens with one attached hydrogen (secondary N) is 4. The SMILES string of the molecule is CCC1CC(=O)NC(n2nc(C)cc2NC(=O)C(=O)NCCCc2ccccc2)N1. The van der Waals surface area contributed by atoms with Crippen LogP contribution in [0.3, 0.4) is 0 Å². The van der Waals surface area contributed by atoms with Gasteiger partial charge in [-0.15, -0.1) is 0 Å². The Morgan fingerprint density at radius 2 is 2.00 bits per heavy atom. The molecule has 0 radical (unpaired) electrons. The second-order valence-corrected chi connectivity index (χ2v) is 7.36. The molecule has 1 saturated heterocycles. The summed E-state index contributed by atoms with van der Waals surface area (Å²) < 4.78 is 1.48. The number of aryl methyl sites for hydroxylation is 2. The summed E-state index contributed by atoms with van der Waals surface area (Å²) in [7, 11) is 0. The molecule has 1 fully saturated rings. The first kappa shape index (κ1) is 21.5. The van der Waals surface area contributed by atoms with Crippen molar-refractivity contribution in [2.75, 3.05) is 11.9 Å². The Labute approximate surface area is 175 Å². The summed E-state index contributed by atoms with van der Waals surface area (Å²) >= 11 is 0. The molecule has 9 heteroatoms. The molecule has 3 amide bonds. The number of hydrogen-bond acceptors (Lipinski definition) is 5. The van der Waals surface area contributed by atoms with Crippen molar-refractivity contribution >= 4 is 23.5 Å². The minimum absolute atomic E-state index is 0.0183. The van der Waals surface area contributed by atoms with Gasteiger partial charge in [0.2, 0.25) is 5.91 Å². The second kappa shape index (κ2) is 10.0. The van der Waals surface area contributed by atoms with Gasteiger partial charge in [-0.2, -0.15) is 5.10 Å². The highest BCUT2D eigenvalue weighted by atomic mass is 16.2. The molecular weight excluding hydrogens is 384 g/mol. The Balaban J connectivity index is 1.54. The smallest absolute Gasteiger partial charge is 0.314 e. The summed E-state index contributed by atoms with van der Waals surface area (Å²) in [4.78, 5) is 36.5. The molecule has 1 aliphatic heterocycles. The first-order valence-electron chi connectivity index (χ1n) is 10.2. The normalized spacial score (nSPS) is 18.5. The van der Waals surface area contributed by atoms with Crippen LogP contribution in [0.25, 0.3) is 0 Å². The van der Waals surface area contributed by atoms with Gasteiger partial charge in [-0.05, 0) is 31.7 Å². The van der Waals surface area contributed by atoms with Gasteiger partial charge in [-0.25, -0.2) is 4.68 Å². The van der Waals surface area contributed by atoms with Gasteiger partial charge in [0.25, 0.3) is 0 Å². The molecule has 160 valence electrons. The van der Waals surface area contributed by atoms with E-state index in [4.69, 9.17) is 0 Å². The van der Waals surface area contributed by atoms with Crippen molar-refractivity contribution in [2.45, 2.75) is 51.9 Å². The highest BCUT2D eigenvalue weighted by Crippen LogP contribution is 2.18. The predicted octanol–water partition coefficient (Wildman–Crippen LogP) is 1.22. The number of carbonyl (C=O) groups is 3. The molecule has 0 spiro atoms. The zero-order chi connectivity index (χ0) is 21.5. The molecule has 2 heterocycles. The summed E-state index contributed by atoms with van der Waals surface area (Å²) in [6, 6.07) is 11.6. The van der Waals surface area contributed by atoms with Gasteiger partial charge in [0, 0.05) is 25.1 Å². The molecule has 0 bridgehead atoms. The fraction of sp³-hybridized carbons (Fsp3) is 0.429.